The third-order valence-electron chi connectivity index (χ3n) is 3.72. The molecule has 0 atom stereocenters. The molecule has 2 aromatic rings. The SMILES string of the molecule is C(=NCCCOCCOCCOCCCN=Cc1ccccn1)c1ccccn1. The molecule has 0 fully saturated rings. The van der Waals surface area contributed by atoms with Crippen LogP contribution in [0.5, 0.6) is 0 Å². The van der Waals surface area contributed by atoms with Gasteiger partial charge < -0.3 is 14.2 Å². The van der Waals surface area contributed by atoms with Gasteiger partial charge in [-0.25, -0.2) is 0 Å². The fourth-order valence-electron chi connectivity index (χ4n) is 2.28. The van der Waals surface area contributed by atoms with Gasteiger partial charge in [-0.15, -0.1) is 0 Å². The Morgan fingerprint density at radius 2 is 1.07 bits per heavy atom. The summed E-state index contributed by atoms with van der Waals surface area (Å²) in [4.78, 5) is 17.0. The zero-order chi connectivity index (χ0) is 20.2. The normalized spacial score (nSPS) is 11.6. The highest BCUT2D eigenvalue weighted by Crippen LogP contribution is 1.92. The van der Waals surface area contributed by atoms with E-state index in [0.717, 1.165) is 37.3 Å². The second-order valence-corrected chi connectivity index (χ2v) is 6.12. The van der Waals surface area contributed by atoms with Crippen LogP contribution in [0, 0.1) is 0 Å². The van der Waals surface area contributed by atoms with E-state index in [-0.39, 0.29) is 0 Å². The third kappa shape index (κ3) is 12.6. The van der Waals surface area contributed by atoms with E-state index >= 15 is 0 Å². The Labute approximate surface area is 172 Å². The van der Waals surface area contributed by atoms with Crippen LogP contribution in [0.1, 0.15) is 24.2 Å². The molecule has 0 aromatic carbocycles. The first-order valence-electron chi connectivity index (χ1n) is 10.00. The van der Waals surface area contributed by atoms with Crippen molar-refractivity contribution in [1.29, 1.82) is 0 Å². The van der Waals surface area contributed by atoms with Gasteiger partial charge in [-0.1, -0.05) is 12.1 Å². The van der Waals surface area contributed by atoms with Gasteiger partial charge in [0.15, 0.2) is 0 Å². The number of hydrogen-bond acceptors (Lipinski definition) is 7. The highest BCUT2D eigenvalue weighted by Gasteiger charge is 1.93. The van der Waals surface area contributed by atoms with Crippen molar-refractivity contribution >= 4 is 12.4 Å². The fraction of sp³-hybridized carbons (Fsp3) is 0.455. The summed E-state index contributed by atoms with van der Waals surface area (Å²) in [7, 11) is 0. The van der Waals surface area contributed by atoms with Crippen LogP contribution in [0.25, 0.3) is 0 Å². The van der Waals surface area contributed by atoms with E-state index in [1.165, 1.54) is 0 Å². The summed E-state index contributed by atoms with van der Waals surface area (Å²) in [6.07, 6.45) is 8.86. The van der Waals surface area contributed by atoms with Gasteiger partial charge in [-0.05, 0) is 37.1 Å². The third-order valence-corrected chi connectivity index (χ3v) is 3.72. The zero-order valence-corrected chi connectivity index (χ0v) is 16.9. The molecule has 0 spiro atoms. The Balaban J connectivity index is 1.29. The van der Waals surface area contributed by atoms with Crippen molar-refractivity contribution in [2.75, 3.05) is 52.7 Å². The lowest BCUT2D eigenvalue weighted by atomic mass is 10.4. The van der Waals surface area contributed by atoms with Crippen molar-refractivity contribution < 1.29 is 14.2 Å². The van der Waals surface area contributed by atoms with Gasteiger partial charge in [0.25, 0.3) is 0 Å². The molecule has 2 aromatic heterocycles. The van der Waals surface area contributed by atoms with Gasteiger partial charge in [0.2, 0.25) is 0 Å². The van der Waals surface area contributed by atoms with Crippen LogP contribution in [0.3, 0.4) is 0 Å². The molecule has 0 aliphatic heterocycles. The quantitative estimate of drug-likeness (QED) is 0.321. The molecule has 7 nitrogen and oxygen atoms in total. The minimum atomic E-state index is 0.578. The number of hydrogen-bond donors (Lipinski definition) is 0. The van der Waals surface area contributed by atoms with E-state index in [1.54, 1.807) is 24.8 Å². The molecular weight excluding hydrogens is 368 g/mol. The lowest BCUT2D eigenvalue weighted by molar-refractivity contribution is 0.0143. The number of ether oxygens (including phenoxy) is 3. The minimum absolute atomic E-state index is 0.578. The van der Waals surface area contributed by atoms with Gasteiger partial charge in [0, 0.05) is 51.1 Å². The molecule has 0 amide bonds. The maximum Gasteiger partial charge on any atom is 0.0807 e. The van der Waals surface area contributed by atoms with Gasteiger partial charge in [-0.3, -0.25) is 20.0 Å². The van der Waals surface area contributed by atoms with Gasteiger partial charge in [0.1, 0.15) is 0 Å². The summed E-state index contributed by atoms with van der Waals surface area (Å²) in [5.41, 5.74) is 1.75. The molecule has 0 saturated carbocycles. The Morgan fingerprint density at radius 1 is 0.621 bits per heavy atom. The molecule has 29 heavy (non-hydrogen) atoms. The van der Waals surface area contributed by atoms with Crippen LogP contribution >= 0.6 is 0 Å². The molecule has 0 bridgehead atoms. The molecule has 7 heteroatoms. The number of rotatable bonds is 16. The van der Waals surface area contributed by atoms with Crippen LogP contribution in [-0.2, 0) is 14.2 Å². The van der Waals surface area contributed by atoms with Crippen molar-refractivity contribution in [2.24, 2.45) is 9.98 Å². The Morgan fingerprint density at radius 3 is 1.48 bits per heavy atom. The predicted octanol–water partition coefficient (Wildman–Crippen LogP) is 2.84. The number of nitrogens with zero attached hydrogens (tertiary/aromatic N) is 4. The standard InChI is InChI=1S/C22H30N4O3/c1-3-11-25-21(7-1)19-23-9-5-13-27-15-17-29-18-16-28-14-6-10-24-20-22-8-2-4-12-26-22/h1-4,7-8,11-12,19-20H,5-6,9-10,13-18H2. The molecule has 0 aliphatic rings. The second kappa shape index (κ2) is 16.5. The van der Waals surface area contributed by atoms with Crippen LogP contribution < -0.4 is 0 Å². The van der Waals surface area contributed by atoms with E-state index in [1.807, 2.05) is 36.4 Å². The first-order chi connectivity index (χ1) is 14.4. The van der Waals surface area contributed by atoms with E-state index in [2.05, 4.69) is 20.0 Å². The smallest absolute Gasteiger partial charge is 0.0807 e. The number of aromatic nitrogens is 2. The maximum atomic E-state index is 5.52. The lowest BCUT2D eigenvalue weighted by Gasteiger charge is -2.06. The summed E-state index contributed by atoms with van der Waals surface area (Å²) in [5, 5.41) is 0. The Hall–Kier alpha value is -2.48. The average Bonchev–Trinajstić information content (AvgIpc) is 2.77. The van der Waals surface area contributed by atoms with Crippen LogP contribution in [0.2, 0.25) is 0 Å². The molecule has 0 aliphatic carbocycles. The van der Waals surface area contributed by atoms with Gasteiger partial charge >= 0.3 is 0 Å². The number of pyridine rings is 2. The maximum absolute atomic E-state index is 5.52. The lowest BCUT2D eigenvalue weighted by Crippen LogP contribution is -2.10. The Kier molecular flexibility index (Phi) is 13.0. The fourth-order valence-corrected chi connectivity index (χ4v) is 2.28. The first-order valence-corrected chi connectivity index (χ1v) is 10.00. The summed E-state index contributed by atoms with van der Waals surface area (Å²) in [5.74, 6) is 0. The highest BCUT2D eigenvalue weighted by atomic mass is 16.5. The molecule has 0 unspecified atom stereocenters. The highest BCUT2D eigenvalue weighted by molar-refractivity contribution is 5.77. The number of aliphatic imine (C=N–C) groups is 2. The predicted molar refractivity (Wildman–Crippen MR) is 115 cm³/mol. The largest absolute Gasteiger partial charge is 0.379 e. The van der Waals surface area contributed by atoms with Crippen LogP contribution in [0.4, 0.5) is 0 Å². The van der Waals surface area contributed by atoms with Gasteiger partial charge in [-0.2, -0.15) is 0 Å². The monoisotopic (exact) mass is 398 g/mol. The van der Waals surface area contributed by atoms with Crippen molar-refractivity contribution in [2.45, 2.75) is 12.8 Å². The van der Waals surface area contributed by atoms with Crippen molar-refractivity contribution in [1.82, 2.24) is 9.97 Å². The van der Waals surface area contributed by atoms with Crippen molar-refractivity contribution in [3.63, 3.8) is 0 Å². The first kappa shape index (κ1) is 22.8. The minimum Gasteiger partial charge on any atom is -0.379 e. The van der Waals surface area contributed by atoms with E-state index in [9.17, 15) is 0 Å². The van der Waals surface area contributed by atoms with E-state index in [4.69, 9.17) is 14.2 Å². The Bertz CT molecular complexity index is 621. The van der Waals surface area contributed by atoms with Crippen LogP contribution in [-0.4, -0.2) is 75.1 Å². The van der Waals surface area contributed by atoms with E-state index < -0.39 is 0 Å². The molecule has 156 valence electrons. The van der Waals surface area contributed by atoms with E-state index in [0.29, 0.717) is 39.6 Å². The summed E-state index contributed by atoms with van der Waals surface area (Å²) < 4.78 is 16.5. The zero-order valence-electron chi connectivity index (χ0n) is 16.9. The summed E-state index contributed by atoms with van der Waals surface area (Å²) in [6, 6.07) is 11.5. The molecule has 0 N–H and O–H groups in total. The topological polar surface area (TPSA) is 78.2 Å². The molecule has 2 rings (SSSR count). The molecule has 0 radical (unpaired) electrons. The average molecular weight is 399 g/mol. The molecular formula is C22H30N4O3. The van der Waals surface area contributed by atoms with Crippen molar-refractivity contribution in [3.05, 3.63) is 60.2 Å². The summed E-state index contributed by atoms with van der Waals surface area (Å²) >= 11 is 0. The molecule has 0 saturated heterocycles. The van der Waals surface area contributed by atoms with Gasteiger partial charge in [0.05, 0.1) is 37.8 Å². The summed E-state index contributed by atoms with van der Waals surface area (Å²) in [6.45, 7) is 5.16. The second-order valence-electron chi connectivity index (χ2n) is 6.12. The van der Waals surface area contributed by atoms with Crippen molar-refractivity contribution in [3.8, 4) is 0 Å². The van der Waals surface area contributed by atoms with Crippen LogP contribution in [0.15, 0.2) is 58.8 Å². The molecule has 2 heterocycles.